The van der Waals surface area contributed by atoms with Crippen LogP contribution in [0.25, 0.3) is 6.08 Å². The van der Waals surface area contributed by atoms with Gasteiger partial charge in [0.25, 0.3) is 0 Å². The first-order chi connectivity index (χ1) is 8.36. The number of nitrogen functional groups attached to an aromatic ring is 1. The normalized spacial score (nSPS) is 10.6. The smallest absolute Gasteiger partial charge is 0.142 e. The molecule has 0 saturated carbocycles. The number of rotatable bonds is 4. The molecule has 0 fully saturated rings. The van der Waals surface area contributed by atoms with Crippen molar-refractivity contribution in [1.82, 2.24) is 0 Å². The number of anilines is 1. The Morgan fingerprint density at radius 2 is 1.65 bits per heavy atom. The highest BCUT2D eigenvalue weighted by molar-refractivity contribution is 5.52. The van der Waals surface area contributed by atoms with Crippen LogP contribution < -0.4 is 10.5 Å². The Balaban J connectivity index is 1.88. The first-order valence-electron chi connectivity index (χ1n) is 5.55. The third-order valence-corrected chi connectivity index (χ3v) is 2.36. The molecule has 0 atom stereocenters. The zero-order valence-corrected chi connectivity index (χ0v) is 9.54. The topological polar surface area (TPSA) is 35.2 Å². The lowest BCUT2D eigenvalue weighted by atomic mass is 10.2. The predicted molar refractivity (Wildman–Crippen MR) is 71.8 cm³/mol. The van der Waals surface area contributed by atoms with Crippen LogP contribution in [0.1, 0.15) is 5.56 Å². The van der Waals surface area contributed by atoms with E-state index >= 15 is 0 Å². The number of ether oxygens (including phenoxy) is 1. The number of nitrogens with two attached hydrogens (primary N) is 1. The van der Waals surface area contributed by atoms with Gasteiger partial charge in [-0.3, -0.25) is 0 Å². The summed E-state index contributed by atoms with van der Waals surface area (Å²) in [5.74, 6) is 0.727. The lowest BCUT2D eigenvalue weighted by Crippen LogP contribution is -1.97. The molecular weight excluding hydrogens is 210 g/mol. The van der Waals surface area contributed by atoms with Crippen molar-refractivity contribution in [2.45, 2.75) is 0 Å². The van der Waals surface area contributed by atoms with Gasteiger partial charge in [-0.05, 0) is 23.8 Å². The molecule has 2 rings (SSSR count). The van der Waals surface area contributed by atoms with E-state index in [-0.39, 0.29) is 0 Å². The first-order valence-corrected chi connectivity index (χ1v) is 5.55. The van der Waals surface area contributed by atoms with Crippen molar-refractivity contribution in [3.8, 4) is 5.75 Å². The van der Waals surface area contributed by atoms with E-state index in [9.17, 15) is 0 Å². The van der Waals surface area contributed by atoms with Gasteiger partial charge in [0.05, 0.1) is 5.69 Å². The number of hydrogen-bond acceptors (Lipinski definition) is 2. The highest BCUT2D eigenvalue weighted by Gasteiger charge is 1.95. The summed E-state index contributed by atoms with van der Waals surface area (Å²) in [5.41, 5.74) is 7.60. The van der Waals surface area contributed by atoms with Crippen LogP contribution >= 0.6 is 0 Å². The van der Waals surface area contributed by atoms with Crippen molar-refractivity contribution in [2.75, 3.05) is 12.3 Å². The molecule has 2 heteroatoms. The van der Waals surface area contributed by atoms with Gasteiger partial charge in [0.15, 0.2) is 0 Å². The standard InChI is InChI=1S/C15H15NO/c16-14-10-4-5-11-15(14)17-12-6-9-13-7-2-1-3-8-13/h1-11H,12,16H2/b9-6+. The number of benzene rings is 2. The number of para-hydroxylation sites is 2. The monoisotopic (exact) mass is 225 g/mol. The minimum absolute atomic E-state index is 0.517. The summed E-state index contributed by atoms with van der Waals surface area (Å²) >= 11 is 0. The van der Waals surface area contributed by atoms with E-state index in [0.29, 0.717) is 12.3 Å². The van der Waals surface area contributed by atoms with E-state index in [4.69, 9.17) is 10.5 Å². The van der Waals surface area contributed by atoms with Crippen LogP contribution in [0, 0.1) is 0 Å². The molecule has 2 N–H and O–H groups in total. The second-order valence-electron chi connectivity index (χ2n) is 3.66. The van der Waals surface area contributed by atoms with Gasteiger partial charge >= 0.3 is 0 Å². The minimum Gasteiger partial charge on any atom is -0.487 e. The van der Waals surface area contributed by atoms with Gasteiger partial charge in [-0.25, -0.2) is 0 Å². The maximum Gasteiger partial charge on any atom is 0.142 e. The Morgan fingerprint density at radius 3 is 2.41 bits per heavy atom. The molecule has 17 heavy (non-hydrogen) atoms. The molecule has 2 aromatic rings. The molecule has 0 amide bonds. The van der Waals surface area contributed by atoms with Gasteiger partial charge < -0.3 is 10.5 Å². The third-order valence-electron chi connectivity index (χ3n) is 2.36. The molecule has 0 aromatic heterocycles. The molecule has 0 bridgehead atoms. The fourth-order valence-electron chi connectivity index (χ4n) is 1.50. The van der Waals surface area contributed by atoms with Crippen molar-refractivity contribution in [3.63, 3.8) is 0 Å². The Morgan fingerprint density at radius 1 is 0.941 bits per heavy atom. The molecule has 0 spiro atoms. The van der Waals surface area contributed by atoms with Gasteiger partial charge in [0.2, 0.25) is 0 Å². The van der Waals surface area contributed by atoms with Crippen LogP contribution in [-0.2, 0) is 0 Å². The predicted octanol–water partition coefficient (Wildman–Crippen LogP) is 3.36. The third kappa shape index (κ3) is 3.38. The quantitative estimate of drug-likeness (QED) is 0.810. The Labute approximate surface area is 101 Å². The molecule has 2 aromatic carbocycles. The van der Waals surface area contributed by atoms with Crippen LogP contribution in [0.4, 0.5) is 5.69 Å². The van der Waals surface area contributed by atoms with E-state index in [1.54, 1.807) is 0 Å². The van der Waals surface area contributed by atoms with Crippen molar-refractivity contribution in [2.24, 2.45) is 0 Å². The van der Waals surface area contributed by atoms with Crippen LogP contribution in [0.3, 0.4) is 0 Å². The van der Waals surface area contributed by atoms with Gasteiger partial charge in [-0.15, -0.1) is 0 Å². The Hall–Kier alpha value is -2.22. The fraction of sp³-hybridized carbons (Fsp3) is 0.0667. The van der Waals surface area contributed by atoms with Crippen LogP contribution in [0.2, 0.25) is 0 Å². The second kappa shape index (κ2) is 5.75. The average molecular weight is 225 g/mol. The van der Waals surface area contributed by atoms with E-state index in [0.717, 1.165) is 11.3 Å². The van der Waals surface area contributed by atoms with Gasteiger partial charge in [-0.2, -0.15) is 0 Å². The molecule has 0 saturated heterocycles. The highest BCUT2D eigenvalue weighted by atomic mass is 16.5. The number of hydrogen-bond donors (Lipinski definition) is 1. The average Bonchev–Trinajstić information content (AvgIpc) is 2.38. The largest absolute Gasteiger partial charge is 0.487 e. The fourth-order valence-corrected chi connectivity index (χ4v) is 1.50. The second-order valence-corrected chi connectivity index (χ2v) is 3.66. The van der Waals surface area contributed by atoms with E-state index < -0.39 is 0 Å². The van der Waals surface area contributed by atoms with Crippen molar-refractivity contribution in [1.29, 1.82) is 0 Å². The minimum atomic E-state index is 0.517. The van der Waals surface area contributed by atoms with Gasteiger partial charge in [-0.1, -0.05) is 48.5 Å². The highest BCUT2D eigenvalue weighted by Crippen LogP contribution is 2.19. The first kappa shape index (κ1) is 11.3. The van der Waals surface area contributed by atoms with Gasteiger partial charge in [0.1, 0.15) is 12.4 Å². The van der Waals surface area contributed by atoms with Crippen LogP contribution in [-0.4, -0.2) is 6.61 Å². The van der Waals surface area contributed by atoms with E-state index in [2.05, 4.69) is 0 Å². The molecule has 0 heterocycles. The Kier molecular flexibility index (Phi) is 3.81. The maximum atomic E-state index is 5.76. The van der Waals surface area contributed by atoms with Crippen LogP contribution in [0.5, 0.6) is 5.75 Å². The maximum absolute atomic E-state index is 5.76. The van der Waals surface area contributed by atoms with Gasteiger partial charge in [0, 0.05) is 0 Å². The van der Waals surface area contributed by atoms with E-state index in [1.807, 2.05) is 66.7 Å². The molecule has 0 aliphatic rings. The Bertz CT molecular complexity index is 491. The van der Waals surface area contributed by atoms with E-state index in [1.165, 1.54) is 0 Å². The van der Waals surface area contributed by atoms with Crippen molar-refractivity contribution in [3.05, 3.63) is 66.2 Å². The molecule has 0 aliphatic carbocycles. The van der Waals surface area contributed by atoms with Crippen molar-refractivity contribution >= 4 is 11.8 Å². The summed E-state index contributed by atoms with van der Waals surface area (Å²) in [4.78, 5) is 0. The SMILES string of the molecule is Nc1ccccc1OC/C=C/c1ccccc1. The summed E-state index contributed by atoms with van der Waals surface area (Å²) in [6, 6.07) is 17.6. The lowest BCUT2D eigenvalue weighted by molar-refractivity contribution is 0.365. The summed E-state index contributed by atoms with van der Waals surface area (Å²) in [5, 5.41) is 0. The molecule has 0 radical (unpaired) electrons. The summed E-state index contributed by atoms with van der Waals surface area (Å²) in [6.07, 6.45) is 4.00. The van der Waals surface area contributed by atoms with Crippen molar-refractivity contribution < 1.29 is 4.74 Å². The summed E-state index contributed by atoms with van der Waals surface area (Å²) in [6.45, 7) is 0.517. The summed E-state index contributed by atoms with van der Waals surface area (Å²) in [7, 11) is 0. The molecule has 0 aliphatic heterocycles. The zero-order chi connectivity index (χ0) is 11.9. The zero-order valence-electron chi connectivity index (χ0n) is 9.54. The molecule has 86 valence electrons. The summed E-state index contributed by atoms with van der Waals surface area (Å²) < 4.78 is 5.55. The molecule has 0 unspecified atom stereocenters. The van der Waals surface area contributed by atoms with Crippen LogP contribution in [0.15, 0.2) is 60.7 Å². The lowest BCUT2D eigenvalue weighted by Gasteiger charge is -2.05. The molecule has 2 nitrogen and oxygen atoms in total. The molecular formula is C15H15NO.